The van der Waals surface area contributed by atoms with Gasteiger partial charge >= 0.3 is 0 Å². The zero-order chi connectivity index (χ0) is 16.3. The van der Waals surface area contributed by atoms with Crippen molar-refractivity contribution in [1.29, 1.82) is 0 Å². The van der Waals surface area contributed by atoms with E-state index in [1.807, 2.05) is 0 Å². The molecule has 1 fully saturated rings. The summed E-state index contributed by atoms with van der Waals surface area (Å²) in [5.74, 6) is -0.401. The van der Waals surface area contributed by atoms with E-state index in [0.29, 0.717) is 24.0 Å². The Kier molecular flexibility index (Phi) is 5.47. The number of sulfone groups is 1. The molecule has 0 aromatic heterocycles. The fourth-order valence-corrected chi connectivity index (χ4v) is 4.11. The monoisotopic (exact) mass is 344 g/mol. The molecule has 2 unspecified atom stereocenters. The molecule has 122 valence electrons. The molecule has 1 heterocycles. The lowest BCUT2D eigenvalue weighted by atomic mass is 9.92. The van der Waals surface area contributed by atoms with Crippen LogP contribution in [0.25, 0.3) is 0 Å². The summed E-state index contributed by atoms with van der Waals surface area (Å²) in [5.41, 5.74) is 5.73. The van der Waals surface area contributed by atoms with Gasteiger partial charge in [0.25, 0.3) is 0 Å². The van der Waals surface area contributed by atoms with Crippen LogP contribution in [0.5, 0.6) is 0 Å². The highest BCUT2D eigenvalue weighted by Crippen LogP contribution is 2.23. The smallest absolute Gasteiger partial charge is 0.238 e. The number of nitrogens with two attached hydrogens (primary N) is 1. The molecule has 2 rings (SSSR count). The molecule has 1 aliphatic rings. The van der Waals surface area contributed by atoms with Crippen molar-refractivity contribution in [1.82, 2.24) is 4.90 Å². The first kappa shape index (κ1) is 17.2. The molecule has 1 aromatic rings. The van der Waals surface area contributed by atoms with Gasteiger partial charge in [0.2, 0.25) is 5.91 Å². The maximum absolute atomic E-state index is 12.4. The number of piperidine rings is 1. The van der Waals surface area contributed by atoms with E-state index in [0.717, 1.165) is 12.8 Å². The van der Waals surface area contributed by atoms with Crippen molar-refractivity contribution in [2.45, 2.75) is 30.7 Å². The molecule has 2 atom stereocenters. The van der Waals surface area contributed by atoms with Gasteiger partial charge in [-0.2, -0.15) is 0 Å². The Bertz CT molecular complexity index is 631. The van der Waals surface area contributed by atoms with Crippen LogP contribution < -0.4 is 5.73 Å². The number of amides is 1. The summed E-state index contributed by atoms with van der Waals surface area (Å²) in [6, 6.07) is 5.78. The molecule has 7 heteroatoms. The van der Waals surface area contributed by atoms with Crippen LogP contribution in [-0.2, 0) is 14.6 Å². The minimum absolute atomic E-state index is 0.0725. The summed E-state index contributed by atoms with van der Waals surface area (Å²) in [5, 5.41) is 0.457. The van der Waals surface area contributed by atoms with Crippen LogP contribution in [0.15, 0.2) is 29.2 Å². The van der Waals surface area contributed by atoms with Crippen molar-refractivity contribution in [3.05, 3.63) is 29.3 Å². The topological polar surface area (TPSA) is 80.5 Å². The molecule has 0 spiro atoms. The summed E-state index contributed by atoms with van der Waals surface area (Å²) in [4.78, 5) is 14.1. The molecule has 2 N–H and O–H groups in total. The van der Waals surface area contributed by atoms with Crippen molar-refractivity contribution in [3.63, 3.8) is 0 Å². The quantitative estimate of drug-likeness (QED) is 0.901. The SMILES string of the molecule is CC1CCN(C(=O)CS(=O)(=O)c2ccc(Cl)cc2)C(CN)C1. The van der Waals surface area contributed by atoms with E-state index in [4.69, 9.17) is 17.3 Å². The van der Waals surface area contributed by atoms with Crippen LogP contribution in [0.2, 0.25) is 5.02 Å². The first-order chi connectivity index (χ1) is 10.3. The van der Waals surface area contributed by atoms with Crippen molar-refractivity contribution in [3.8, 4) is 0 Å². The summed E-state index contributed by atoms with van der Waals surface area (Å²) in [7, 11) is -3.66. The number of carbonyl (C=O) groups is 1. The molecule has 1 amide bonds. The number of halogens is 1. The van der Waals surface area contributed by atoms with Crippen molar-refractivity contribution in [2.24, 2.45) is 11.7 Å². The van der Waals surface area contributed by atoms with E-state index in [1.165, 1.54) is 24.3 Å². The lowest BCUT2D eigenvalue weighted by Crippen LogP contribution is -2.50. The Labute approximate surface area is 136 Å². The van der Waals surface area contributed by atoms with Gasteiger partial charge in [0.1, 0.15) is 5.75 Å². The molecule has 0 aliphatic carbocycles. The van der Waals surface area contributed by atoms with Crippen molar-refractivity contribution >= 4 is 27.3 Å². The first-order valence-corrected chi connectivity index (χ1v) is 9.34. The molecule has 1 saturated heterocycles. The van der Waals surface area contributed by atoms with E-state index >= 15 is 0 Å². The van der Waals surface area contributed by atoms with E-state index in [2.05, 4.69) is 6.92 Å². The molecular formula is C15H21ClN2O3S. The van der Waals surface area contributed by atoms with Crippen molar-refractivity contribution in [2.75, 3.05) is 18.8 Å². The van der Waals surface area contributed by atoms with E-state index in [1.54, 1.807) is 4.90 Å². The average molecular weight is 345 g/mol. The Balaban J connectivity index is 2.11. The first-order valence-electron chi connectivity index (χ1n) is 7.31. The third-order valence-corrected chi connectivity index (χ3v) is 5.93. The maximum Gasteiger partial charge on any atom is 0.238 e. The fraction of sp³-hybridized carbons (Fsp3) is 0.533. The molecule has 0 saturated carbocycles. The Hall–Kier alpha value is -1.11. The summed E-state index contributed by atoms with van der Waals surface area (Å²) < 4.78 is 24.7. The molecule has 22 heavy (non-hydrogen) atoms. The Morgan fingerprint density at radius 3 is 2.59 bits per heavy atom. The summed E-state index contributed by atoms with van der Waals surface area (Å²) >= 11 is 5.76. The predicted molar refractivity (Wildman–Crippen MR) is 86.5 cm³/mol. The number of rotatable bonds is 4. The van der Waals surface area contributed by atoms with Gasteiger partial charge in [0.15, 0.2) is 9.84 Å². The van der Waals surface area contributed by atoms with Crippen LogP contribution in [0, 0.1) is 5.92 Å². The molecule has 5 nitrogen and oxygen atoms in total. The van der Waals surface area contributed by atoms with E-state index in [9.17, 15) is 13.2 Å². The van der Waals surface area contributed by atoms with Crippen LogP contribution in [0.4, 0.5) is 0 Å². The van der Waals surface area contributed by atoms with Gasteiger partial charge in [-0.05, 0) is 43.0 Å². The Morgan fingerprint density at radius 1 is 1.36 bits per heavy atom. The Morgan fingerprint density at radius 2 is 2.00 bits per heavy atom. The minimum Gasteiger partial charge on any atom is -0.338 e. The molecule has 1 aromatic carbocycles. The van der Waals surface area contributed by atoms with Crippen LogP contribution in [0.1, 0.15) is 19.8 Å². The number of carbonyl (C=O) groups excluding carboxylic acids is 1. The standard InChI is InChI=1S/C15H21ClN2O3S/c1-11-6-7-18(13(8-11)9-17)15(19)10-22(20,21)14-4-2-12(16)3-5-14/h2-5,11,13H,6-10,17H2,1H3. The van der Waals surface area contributed by atoms with E-state index in [-0.39, 0.29) is 16.8 Å². The highest BCUT2D eigenvalue weighted by molar-refractivity contribution is 7.92. The second kappa shape index (κ2) is 6.98. The molecule has 0 bridgehead atoms. The van der Waals surface area contributed by atoms with Crippen molar-refractivity contribution < 1.29 is 13.2 Å². The zero-order valence-corrected chi connectivity index (χ0v) is 14.1. The summed E-state index contributed by atoms with van der Waals surface area (Å²) in [6.07, 6.45) is 1.70. The predicted octanol–water partition coefficient (Wildman–Crippen LogP) is 1.70. The van der Waals surface area contributed by atoms with Gasteiger partial charge in [-0.25, -0.2) is 8.42 Å². The number of benzene rings is 1. The molecule has 0 radical (unpaired) electrons. The summed E-state index contributed by atoms with van der Waals surface area (Å²) in [6.45, 7) is 3.05. The van der Waals surface area contributed by atoms with Gasteiger partial charge in [0.05, 0.1) is 4.90 Å². The molecular weight excluding hydrogens is 324 g/mol. The zero-order valence-electron chi connectivity index (χ0n) is 12.5. The van der Waals surface area contributed by atoms with Gasteiger partial charge in [0, 0.05) is 24.2 Å². The maximum atomic E-state index is 12.4. The highest BCUT2D eigenvalue weighted by Gasteiger charge is 2.31. The van der Waals surface area contributed by atoms with Crippen LogP contribution in [-0.4, -0.2) is 44.1 Å². The van der Waals surface area contributed by atoms with Gasteiger partial charge in [-0.3, -0.25) is 4.79 Å². The lowest BCUT2D eigenvalue weighted by Gasteiger charge is -2.38. The number of likely N-dealkylation sites (tertiary alicyclic amines) is 1. The van der Waals surface area contributed by atoms with Gasteiger partial charge in [-0.1, -0.05) is 18.5 Å². The normalized spacial score (nSPS) is 22.6. The third-order valence-electron chi connectivity index (χ3n) is 4.06. The third kappa shape index (κ3) is 4.00. The van der Waals surface area contributed by atoms with Crippen LogP contribution in [0.3, 0.4) is 0 Å². The molecule has 1 aliphatic heterocycles. The average Bonchev–Trinajstić information content (AvgIpc) is 2.46. The largest absolute Gasteiger partial charge is 0.338 e. The number of hydrogen-bond donors (Lipinski definition) is 1. The second-order valence-corrected chi connectivity index (χ2v) is 8.25. The van der Waals surface area contributed by atoms with Gasteiger partial charge in [-0.15, -0.1) is 0 Å². The fourth-order valence-electron chi connectivity index (χ4n) is 2.77. The van der Waals surface area contributed by atoms with E-state index < -0.39 is 15.6 Å². The highest BCUT2D eigenvalue weighted by atomic mass is 35.5. The number of hydrogen-bond acceptors (Lipinski definition) is 4. The minimum atomic E-state index is -3.66. The lowest BCUT2D eigenvalue weighted by molar-refractivity contribution is -0.132. The van der Waals surface area contributed by atoms with Gasteiger partial charge < -0.3 is 10.6 Å². The second-order valence-electron chi connectivity index (χ2n) is 5.82. The van der Waals surface area contributed by atoms with Crippen LogP contribution >= 0.6 is 11.6 Å². The number of nitrogens with zero attached hydrogens (tertiary/aromatic N) is 1.